The Kier molecular flexibility index (Phi) is 6.31. The van der Waals surface area contributed by atoms with Crippen LogP contribution < -0.4 is 26.7 Å². The van der Waals surface area contributed by atoms with Gasteiger partial charge in [-0.05, 0) is 48.4 Å². The SMILES string of the molecule is Nc1ccccc1NOc1nc(Nc2ccccc2)nc2c1CC(c1ccc(Cl)cc1Cl)C(=O)N2. The summed E-state index contributed by atoms with van der Waals surface area (Å²) in [5.41, 5.74) is 12.0. The van der Waals surface area contributed by atoms with E-state index in [0.29, 0.717) is 38.4 Å². The molecule has 1 unspecified atom stereocenters. The molecule has 1 amide bonds. The van der Waals surface area contributed by atoms with Gasteiger partial charge in [0.25, 0.3) is 5.88 Å². The number of amides is 1. The smallest absolute Gasteiger partial charge is 0.256 e. The molecule has 0 bridgehead atoms. The van der Waals surface area contributed by atoms with Crippen LogP contribution in [0.3, 0.4) is 0 Å². The van der Waals surface area contributed by atoms with Gasteiger partial charge in [0.15, 0.2) is 0 Å². The minimum Gasteiger partial charge on any atom is -0.397 e. The van der Waals surface area contributed by atoms with Crippen LogP contribution in [0.25, 0.3) is 0 Å². The third-order valence-electron chi connectivity index (χ3n) is 5.52. The number of rotatable bonds is 6. The Morgan fingerprint density at radius 2 is 1.77 bits per heavy atom. The van der Waals surface area contributed by atoms with Gasteiger partial charge in [-0.3, -0.25) is 4.79 Å². The summed E-state index contributed by atoms with van der Waals surface area (Å²) in [5, 5.41) is 6.90. The molecule has 4 aromatic rings. The highest BCUT2D eigenvalue weighted by Gasteiger charge is 2.33. The Morgan fingerprint density at radius 1 is 1.00 bits per heavy atom. The number of benzene rings is 3. The van der Waals surface area contributed by atoms with E-state index in [-0.39, 0.29) is 24.2 Å². The fraction of sp³-hybridized carbons (Fsp3) is 0.0800. The molecule has 0 saturated carbocycles. The maximum absolute atomic E-state index is 13.0. The number of nitrogens with one attached hydrogen (secondary N) is 3. The fourth-order valence-corrected chi connectivity index (χ4v) is 4.31. The van der Waals surface area contributed by atoms with Crippen molar-refractivity contribution >= 4 is 57.9 Å². The summed E-state index contributed by atoms with van der Waals surface area (Å²) in [4.78, 5) is 28.0. The van der Waals surface area contributed by atoms with Gasteiger partial charge in [-0.2, -0.15) is 9.97 Å². The summed E-state index contributed by atoms with van der Waals surface area (Å²) in [5.74, 6) is 0.0377. The van der Waals surface area contributed by atoms with Crippen LogP contribution in [0.4, 0.5) is 28.8 Å². The van der Waals surface area contributed by atoms with E-state index in [2.05, 4.69) is 26.1 Å². The molecule has 0 aliphatic carbocycles. The molecule has 5 N–H and O–H groups in total. The van der Waals surface area contributed by atoms with Crippen molar-refractivity contribution in [2.45, 2.75) is 12.3 Å². The average molecular weight is 507 g/mol. The molecule has 3 aromatic carbocycles. The first-order valence-corrected chi connectivity index (χ1v) is 11.5. The van der Waals surface area contributed by atoms with E-state index in [1.54, 1.807) is 30.3 Å². The van der Waals surface area contributed by atoms with Gasteiger partial charge >= 0.3 is 0 Å². The van der Waals surface area contributed by atoms with Crippen molar-refractivity contribution < 1.29 is 9.63 Å². The number of hydrogen-bond donors (Lipinski definition) is 4. The maximum atomic E-state index is 13.0. The zero-order valence-corrected chi connectivity index (χ0v) is 19.8. The molecule has 1 aromatic heterocycles. The van der Waals surface area contributed by atoms with Gasteiger partial charge < -0.3 is 21.2 Å². The molecule has 2 heterocycles. The molecule has 0 saturated heterocycles. The molecule has 1 atom stereocenters. The van der Waals surface area contributed by atoms with Crippen LogP contribution in [0.2, 0.25) is 10.0 Å². The van der Waals surface area contributed by atoms with E-state index in [0.717, 1.165) is 5.69 Å². The first kappa shape index (κ1) is 22.8. The molecule has 10 heteroatoms. The number of nitrogen functional groups attached to an aromatic ring is 1. The summed E-state index contributed by atoms with van der Waals surface area (Å²) < 4.78 is 0. The highest BCUT2D eigenvalue weighted by molar-refractivity contribution is 6.35. The number of nitrogens with zero attached hydrogens (tertiary/aromatic N) is 2. The summed E-state index contributed by atoms with van der Waals surface area (Å²) in [6.07, 6.45) is 0.273. The molecular formula is C25H20Cl2N6O2. The molecule has 35 heavy (non-hydrogen) atoms. The number of halogens is 2. The lowest BCUT2D eigenvalue weighted by molar-refractivity contribution is -0.117. The monoisotopic (exact) mass is 506 g/mol. The Morgan fingerprint density at radius 3 is 2.54 bits per heavy atom. The summed E-state index contributed by atoms with van der Waals surface area (Å²) in [6, 6.07) is 21.7. The van der Waals surface area contributed by atoms with Crippen molar-refractivity contribution in [3.05, 3.63) is 94.0 Å². The van der Waals surface area contributed by atoms with Gasteiger partial charge in [-0.1, -0.05) is 59.6 Å². The molecule has 5 rings (SSSR count). The quantitative estimate of drug-likeness (QED) is 0.193. The zero-order valence-electron chi connectivity index (χ0n) is 18.3. The van der Waals surface area contributed by atoms with E-state index < -0.39 is 5.92 Å². The van der Waals surface area contributed by atoms with Crippen molar-refractivity contribution in [2.75, 3.05) is 21.8 Å². The summed E-state index contributed by atoms with van der Waals surface area (Å²) >= 11 is 12.5. The molecule has 176 valence electrons. The van der Waals surface area contributed by atoms with Crippen LogP contribution in [0.15, 0.2) is 72.8 Å². The second-order valence-electron chi connectivity index (χ2n) is 7.87. The van der Waals surface area contributed by atoms with E-state index in [9.17, 15) is 4.79 Å². The Balaban J connectivity index is 1.52. The van der Waals surface area contributed by atoms with Crippen LogP contribution >= 0.6 is 23.2 Å². The molecule has 0 fully saturated rings. The third kappa shape index (κ3) is 4.94. The molecular weight excluding hydrogens is 487 g/mol. The van der Waals surface area contributed by atoms with Crippen LogP contribution in [0.5, 0.6) is 5.88 Å². The predicted octanol–water partition coefficient (Wildman–Crippen LogP) is 5.79. The third-order valence-corrected chi connectivity index (χ3v) is 6.08. The Bertz CT molecular complexity index is 1400. The number of para-hydroxylation sites is 3. The first-order valence-electron chi connectivity index (χ1n) is 10.7. The second kappa shape index (κ2) is 9.69. The second-order valence-corrected chi connectivity index (χ2v) is 8.72. The lowest BCUT2D eigenvalue weighted by atomic mass is 9.89. The number of carbonyl (C=O) groups is 1. The molecule has 0 radical (unpaired) electrons. The zero-order chi connectivity index (χ0) is 24.4. The maximum Gasteiger partial charge on any atom is 0.256 e. The van der Waals surface area contributed by atoms with Crippen molar-refractivity contribution in [3.8, 4) is 5.88 Å². The molecule has 1 aliphatic heterocycles. The highest BCUT2D eigenvalue weighted by atomic mass is 35.5. The number of fused-ring (bicyclic) bond motifs is 1. The molecule has 0 spiro atoms. The average Bonchev–Trinajstić information content (AvgIpc) is 2.84. The van der Waals surface area contributed by atoms with Crippen molar-refractivity contribution in [2.24, 2.45) is 0 Å². The van der Waals surface area contributed by atoms with Crippen LogP contribution in [0.1, 0.15) is 17.0 Å². The molecule has 8 nitrogen and oxygen atoms in total. The van der Waals surface area contributed by atoms with Gasteiger partial charge in [0.2, 0.25) is 11.9 Å². The van der Waals surface area contributed by atoms with E-state index in [4.69, 9.17) is 33.8 Å². The summed E-state index contributed by atoms with van der Waals surface area (Å²) in [7, 11) is 0. The van der Waals surface area contributed by atoms with Gasteiger partial charge in [0.05, 0.1) is 22.9 Å². The Hall–Kier alpha value is -4.01. The van der Waals surface area contributed by atoms with Gasteiger partial charge in [-0.25, -0.2) is 5.48 Å². The van der Waals surface area contributed by atoms with Crippen LogP contribution in [-0.2, 0) is 11.2 Å². The van der Waals surface area contributed by atoms with Gasteiger partial charge in [0, 0.05) is 15.7 Å². The number of carbonyl (C=O) groups excluding carboxylic acids is 1. The van der Waals surface area contributed by atoms with E-state index in [1.165, 1.54) is 0 Å². The topological polar surface area (TPSA) is 114 Å². The number of anilines is 5. The predicted molar refractivity (Wildman–Crippen MR) is 138 cm³/mol. The van der Waals surface area contributed by atoms with Crippen molar-refractivity contribution in [3.63, 3.8) is 0 Å². The number of aromatic nitrogens is 2. The lowest BCUT2D eigenvalue weighted by Crippen LogP contribution is -2.30. The number of hydrogen-bond acceptors (Lipinski definition) is 7. The minimum absolute atomic E-state index is 0.239. The Labute approximate surface area is 211 Å². The van der Waals surface area contributed by atoms with Crippen LogP contribution in [-0.4, -0.2) is 15.9 Å². The van der Waals surface area contributed by atoms with Gasteiger partial charge in [-0.15, -0.1) is 0 Å². The molecule has 1 aliphatic rings. The standard InChI is InChI=1S/C25H20Cl2N6O2/c26-14-10-11-16(19(27)12-14)17-13-18-22(30-23(17)34)31-25(29-15-6-2-1-3-7-15)32-24(18)35-33-21-9-5-4-8-20(21)28/h1-12,17,33H,13,28H2,(H2,29,30,31,32,34). The largest absolute Gasteiger partial charge is 0.397 e. The highest BCUT2D eigenvalue weighted by Crippen LogP contribution is 2.39. The van der Waals surface area contributed by atoms with Gasteiger partial charge in [0.1, 0.15) is 5.82 Å². The first-order chi connectivity index (χ1) is 17.0. The van der Waals surface area contributed by atoms with E-state index in [1.807, 2.05) is 42.5 Å². The fourth-order valence-electron chi connectivity index (χ4n) is 3.77. The lowest BCUT2D eigenvalue weighted by Gasteiger charge is -2.26. The van der Waals surface area contributed by atoms with Crippen molar-refractivity contribution in [1.29, 1.82) is 0 Å². The van der Waals surface area contributed by atoms with E-state index >= 15 is 0 Å². The van der Waals surface area contributed by atoms with Crippen molar-refractivity contribution in [1.82, 2.24) is 9.97 Å². The number of nitrogens with two attached hydrogens (primary N) is 1. The summed E-state index contributed by atoms with van der Waals surface area (Å²) in [6.45, 7) is 0. The minimum atomic E-state index is -0.576. The normalized spacial score (nSPS) is 14.6. The van der Waals surface area contributed by atoms with Crippen LogP contribution in [0, 0.1) is 0 Å².